The predicted octanol–water partition coefficient (Wildman–Crippen LogP) is 7.04. The van der Waals surface area contributed by atoms with Crippen molar-refractivity contribution in [3.05, 3.63) is 64.0 Å². The van der Waals surface area contributed by atoms with Gasteiger partial charge in [-0.2, -0.15) is 0 Å². The first-order chi connectivity index (χ1) is 16.5. The third-order valence-corrected chi connectivity index (χ3v) is 8.62. The summed E-state index contributed by atoms with van der Waals surface area (Å²) in [4.78, 5) is 11.8. The fourth-order valence-electron chi connectivity index (χ4n) is 4.63. The van der Waals surface area contributed by atoms with Gasteiger partial charge in [-0.1, -0.05) is 36.5 Å². The van der Waals surface area contributed by atoms with Crippen LogP contribution in [0.15, 0.2) is 41.9 Å². The summed E-state index contributed by atoms with van der Waals surface area (Å²) in [6.45, 7) is 4.37. The van der Waals surface area contributed by atoms with Crippen LogP contribution in [0.5, 0.6) is 0 Å². The molecule has 4 aromatic rings. The Kier molecular flexibility index (Phi) is 6.84. The number of nitrogens with zero attached hydrogens (tertiary/aromatic N) is 5. The summed E-state index contributed by atoms with van der Waals surface area (Å²) in [6, 6.07) is 8.79. The molecule has 0 radical (unpaired) electrons. The van der Waals surface area contributed by atoms with Gasteiger partial charge in [-0.05, 0) is 61.3 Å². The van der Waals surface area contributed by atoms with Crippen molar-refractivity contribution in [3.8, 4) is 11.3 Å². The minimum atomic E-state index is -0.352. The van der Waals surface area contributed by atoms with Crippen LogP contribution in [0.4, 0.5) is 15.3 Å². The molecule has 5 nitrogen and oxygen atoms in total. The average Bonchev–Trinajstić information content (AvgIpc) is 3.48. The number of rotatable bonds is 6. The SMILES string of the molecule is CCc1nc2ccc(C3CCN(SC)CC3)cn2c1N(C)c1nc(-c2ccc(F)cc2Cl)cs1. The monoisotopic (exact) mass is 515 g/mol. The lowest BCUT2D eigenvalue weighted by Gasteiger charge is -2.30. The van der Waals surface area contributed by atoms with Gasteiger partial charge in [0.05, 0.1) is 16.4 Å². The van der Waals surface area contributed by atoms with Crippen molar-refractivity contribution in [3.63, 3.8) is 0 Å². The number of hydrogen-bond donors (Lipinski definition) is 0. The van der Waals surface area contributed by atoms with Crippen LogP contribution < -0.4 is 4.90 Å². The van der Waals surface area contributed by atoms with Crippen LogP contribution in [0.3, 0.4) is 0 Å². The number of imidazole rings is 1. The number of fused-ring (bicyclic) bond motifs is 1. The Labute approximate surface area is 212 Å². The number of hydrogen-bond acceptors (Lipinski definition) is 6. The zero-order valence-corrected chi connectivity index (χ0v) is 21.9. The van der Waals surface area contributed by atoms with Gasteiger partial charge in [0, 0.05) is 37.3 Å². The van der Waals surface area contributed by atoms with Gasteiger partial charge < -0.3 is 4.90 Å². The van der Waals surface area contributed by atoms with Crippen LogP contribution in [-0.2, 0) is 6.42 Å². The summed E-state index contributed by atoms with van der Waals surface area (Å²) in [5.41, 5.74) is 4.81. The fourth-order valence-corrected chi connectivity index (χ4v) is 6.27. The van der Waals surface area contributed by atoms with Gasteiger partial charge in [0.2, 0.25) is 0 Å². The first-order valence-electron chi connectivity index (χ1n) is 11.4. The first-order valence-corrected chi connectivity index (χ1v) is 13.9. The van der Waals surface area contributed by atoms with E-state index in [0.29, 0.717) is 10.9 Å². The molecule has 1 aliphatic rings. The molecule has 34 heavy (non-hydrogen) atoms. The Morgan fingerprint density at radius 2 is 2.00 bits per heavy atom. The molecule has 3 aromatic heterocycles. The van der Waals surface area contributed by atoms with E-state index in [2.05, 4.69) is 45.1 Å². The van der Waals surface area contributed by atoms with Crippen molar-refractivity contribution in [2.75, 3.05) is 31.3 Å². The maximum Gasteiger partial charge on any atom is 0.191 e. The smallest absolute Gasteiger partial charge is 0.191 e. The Morgan fingerprint density at radius 1 is 1.21 bits per heavy atom. The van der Waals surface area contributed by atoms with E-state index in [9.17, 15) is 4.39 Å². The zero-order valence-electron chi connectivity index (χ0n) is 19.5. The number of aromatic nitrogens is 3. The molecule has 0 spiro atoms. The molecule has 1 saturated heterocycles. The molecular formula is C25H27ClFN5S2. The minimum Gasteiger partial charge on any atom is -0.305 e. The largest absolute Gasteiger partial charge is 0.305 e. The van der Waals surface area contributed by atoms with Crippen molar-refractivity contribution in [2.45, 2.75) is 32.1 Å². The Bertz CT molecular complexity index is 1310. The Balaban J connectivity index is 1.49. The molecule has 1 aromatic carbocycles. The van der Waals surface area contributed by atoms with Crippen molar-refractivity contribution >= 4 is 51.5 Å². The lowest BCUT2D eigenvalue weighted by atomic mass is 9.91. The molecule has 178 valence electrons. The number of aryl methyl sites for hydroxylation is 1. The van der Waals surface area contributed by atoms with E-state index in [1.165, 1.54) is 41.9 Å². The Morgan fingerprint density at radius 3 is 2.71 bits per heavy atom. The van der Waals surface area contributed by atoms with Gasteiger partial charge >= 0.3 is 0 Å². The fraction of sp³-hybridized carbons (Fsp3) is 0.360. The quantitative estimate of drug-likeness (QED) is 0.257. The third kappa shape index (κ3) is 4.44. The van der Waals surface area contributed by atoms with E-state index in [1.807, 2.05) is 24.4 Å². The topological polar surface area (TPSA) is 36.7 Å². The van der Waals surface area contributed by atoms with E-state index in [4.69, 9.17) is 21.6 Å². The summed E-state index contributed by atoms with van der Waals surface area (Å²) >= 11 is 9.66. The van der Waals surface area contributed by atoms with Gasteiger partial charge in [0.1, 0.15) is 17.3 Å². The van der Waals surface area contributed by atoms with Crippen molar-refractivity contribution in [1.82, 2.24) is 18.7 Å². The molecule has 9 heteroatoms. The standard InChI is InChI=1S/C25H27ClFN5S2/c1-4-21-24(30(2)25-29-22(15-34-25)19-7-6-18(27)13-20(19)26)32-14-17(5-8-23(32)28-21)16-9-11-31(33-3)12-10-16/h5-8,13-16H,4,9-12H2,1-3H3. The number of benzene rings is 1. The van der Waals surface area contributed by atoms with Crippen LogP contribution in [0.25, 0.3) is 16.9 Å². The van der Waals surface area contributed by atoms with Crippen LogP contribution in [0.1, 0.15) is 36.9 Å². The molecule has 4 heterocycles. The molecule has 1 aliphatic heterocycles. The molecule has 0 bridgehead atoms. The van der Waals surface area contributed by atoms with Gasteiger partial charge in [0.15, 0.2) is 5.13 Å². The van der Waals surface area contributed by atoms with E-state index in [0.717, 1.165) is 53.1 Å². The molecule has 0 unspecified atom stereocenters. The molecule has 0 amide bonds. The van der Waals surface area contributed by atoms with Crippen LogP contribution in [-0.4, -0.2) is 45.1 Å². The average molecular weight is 516 g/mol. The zero-order chi connectivity index (χ0) is 23.8. The van der Waals surface area contributed by atoms with E-state index in [1.54, 1.807) is 6.07 Å². The van der Waals surface area contributed by atoms with Crippen LogP contribution in [0, 0.1) is 5.82 Å². The summed E-state index contributed by atoms with van der Waals surface area (Å²) in [5.74, 6) is 1.24. The van der Waals surface area contributed by atoms with Gasteiger partial charge in [-0.25, -0.2) is 14.4 Å². The maximum atomic E-state index is 13.5. The summed E-state index contributed by atoms with van der Waals surface area (Å²) in [7, 11) is 2.03. The second-order valence-electron chi connectivity index (χ2n) is 8.51. The number of halogens is 2. The number of anilines is 2. The third-order valence-electron chi connectivity index (χ3n) is 6.51. The highest BCUT2D eigenvalue weighted by Crippen LogP contribution is 2.37. The summed E-state index contributed by atoms with van der Waals surface area (Å²) in [5, 5.41) is 3.16. The van der Waals surface area contributed by atoms with Gasteiger partial charge in [0.25, 0.3) is 0 Å². The highest BCUT2D eigenvalue weighted by molar-refractivity contribution is 7.96. The first kappa shape index (κ1) is 23.6. The van der Waals surface area contributed by atoms with Crippen LogP contribution in [0.2, 0.25) is 5.02 Å². The van der Waals surface area contributed by atoms with E-state index < -0.39 is 0 Å². The van der Waals surface area contributed by atoms with E-state index in [-0.39, 0.29) is 5.82 Å². The summed E-state index contributed by atoms with van der Waals surface area (Å²) in [6.07, 6.45) is 7.57. The van der Waals surface area contributed by atoms with Crippen LogP contribution >= 0.6 is 34.9 Å². The molecular weight excluding hydrogens is 489 g/mol. The minimum absolute atomic E-state index is 0.352. The highest BCUT2D eigenvalue weighted by Gasteiger charge is 2.23. The highest BCUT2D eigenvalue weighted by atomic mass is 35.5. The molecule has 1 fully saturated rings. The van der Waals surface area contributed by atoms with Crippen molar-refractivity contribution in [2.24, 2.45) is 0 Å². The number of thiazole rings is 1. The normalized spacial score (nSPS) is 15.3. The predicted molar refractivity (Wildman–Crippen MR) is 142 cm³/mol. The molecule has 0 N–H and O–H groups in total. The lowest BCUT2D eigenvalue weighted by molar-refractivity contribution is 0.346. The van der Waals surface area contributed by atoms with Crippen molar-refractivity contribution in [1.29, 1.82) is 0 Å². The number of piperidine rings is 1. The molecule has 0 saturated carbocycles. The van der Waals surface area contributed by atoms with Gasteiger partial charge in [-0.15, -0.1) is 11.3 Å². The molecule has 0 aliphatic carbocycles. The summed E-state index contributed by atoms with van der Waals surface area (Å²) < 4.78 is 18.1. The van der Waals surface area contributed by atoms with Crippen molar-refractivity contribution < 1.29 is 4.39 Å². The van der Waals surface area contributed by atoms with Gasteiger partial charge in [-0.3, -0.25) is 8.71 Å². The lowest BCUT2D eigenvalue weighted by Crippen LogP contribution is -2.27. The maximum absolute atomic E-state index is 13.5. The van der Waals surface area contributed by atoms with E-state index >= 15 is 0 Å². The number of pyridine rings is 1. The Hall–Kier alpha value is -2.13. The molecule has 0 atom stereocenters. The second-order valence-corrected chi connectivity index (χ2v) is 10.6. The second kappa shape index (κ2) is 9.85. The molecule has 5 rings (SSSR count).